The van der Waals surface area contributed by atoms with Gasteiger partial charge in [0.15, 0.2) is 0 Å². The number of nitrogens with zero attached hydrogens (tertiary/aromatic N) is 3. The number of carbonyl (C=O) groups is 1. The average molecular weight is 349 g/mol. The van der Waals surface area contributed by atoms with Crippen LogP contribution in [0.3, 0.4) is 0 Å². The maximum Gasteiger partial charge on any atom is 0.253 e. The number of likely N-dealkylation sites (tertiary alicyclic amines) is 1. The molecule has 1 amide bonds. The van der Waals surface area contributed by atoms with E-state index >= 15 is 0 Å². The van der Waals surface area contributed by atoms with Gasteiger partial charge in [-0.25, -0.2) is 8.42 Å². The van der Waals surface area contributed by atoms with Gasteiger partial charge in [-0.15, -0.1) is 0 Å². The SMILES string of the molecule is N#CC1CCCN(C(=O)c2cccc(S(=O)(=O)N3CC(O)C3)c2)C1. The lowest BCUT2D eigenvalue weighted by atomic mass is 9.99. The maximum atomic E-state index is 12.6. The van der Waals surface area contributed by atoms with Crippen molar-refractivity contribution in [1.29, 1.82) is 5.26 Å². The van der Waals surface area contributed by atoms with Gasteiger partial charge < -0.3 is 10.0 Å². The molecule has 2 saturated heterocycles. The second kappa shape index (κ2) is 6.51. The van der Waals surface area contributed by atoms with Crippen molar-refractivity contribution in [3.8, 4) is 6.07 Å². The molecule has 0 bridgehead atoms. The number of β-amino-alcohol motifs (C(OH)–C–C–N with tert-alkyl or cyclic N) is 1. The van der Waals surface area contributed by atoms with Crippen LogP contribution >= 0.6 is 0 Å². The minimum absolute atomic E-state index is 0.0501. The van der Waals surface area contributed by atoms with E-state index in [0.29, 0.717) is 18.7 Å². The van der Waals surface area contributed by atoms with Crippen LogP contribution in [0.2, 0.25) is 0 Å². The molecule has 0 radical (unpaired) electrons. The number of piperidine rings is 1. The third-order valence-electron chi connectivity index (χ3n) is 4.44. The Kier molecular flexibility index (Phi) is 4.58. The molecule has 2 aliphatic rings. The van der Waals surface area contributed by atoms with E-state index < -0.39 is 16.1 Å². The third kappa shape index (κ3) is 3.15. The molecular weight excluding hydrogens is 330 g/mol. The number of sulfonamides is 1. The Bertz CT molecular complexity index is 781. The molecule has 8 heteroatoms. The molecule has 0 spiro atoms. The van der Waals surface area contributed by atoms with Crippen LogP contribution in [-0.2, 0) is 10.0 Å². The van der Waals surface area contributed by atoms with Gasteiger partial charge in [0, 0.05) is 31.7 Å². The Balaban J connectivity index is 1.80. The van der Waals surface area contributed by atoms with Crippen molar-refractivity contribution >= 4 is 15.9 Å². The standard InChI is InChI=1S/C16H19N3O4S/c17-8-12-3-2-6-18(9-12)16(21)13-4-1-5-15(7-13)24(22,23)19-10-14(20)11-19/h1,4-5,7,12,14,20H,2-3,6,9-11H2. The first-order valence-electron chi connectivity index (χ1n) is 7.89. The van der Waals surface area contributed by atoms with Gasteiger partial charge in [-0.3, -0.25) is 4.79 Å². The number of aliphatic hydroxyl groups is 1. The number of rotatable bonds is 3. The Morgan fingerprint density at radius 2 is 2.04 bits per heavy atom. The summed E-state index contributed by atoms with van der Waals surface area (Å²) in [5.41, 5.74) is 0.302. The first kappa shape index (κ1) is 16.9. The van der Waals surface area contributed by atoms with Crippen molar-refractivity contribution in [2.24, 2.45) is 5.92 Å². The van der Waals surface area contributed by atoms with Crippen molar-refractivity contribution in [3.63, 3.8) is 0 Å². The Morgan fingerprint density at radius 3 is 2.71 bits per heavy atom. The molecule has 2 heterocycles. The lowest BCUT2D eigenvalue weighted by Gasteiger charge is -2.34. The molecule has 0 aromatic heterocycles. The van der Waals surface area contributed by atoms with Gasteiger partial charge in [0.1, 0.15) is 0 Å². The van der Waals surface area contributed by atoms with Crippen LogP contribution in [-0.4, -0.2) is 60.9 Å². The highest BCUT2D eigenvalue weighted by atomic mass is 32.2. The largest absolute Gasteiger partial charge is 0.390 e. The van der Waals surface area contributed by atoms with Crippen LogP contribution in [0.5, 0.6) is 0 Å². The van der Waals surface area contributed by atoms with Crippen LogP contribution in [0.25, 0.3) is 0 Å². The van der Waals surface area contributed by atoms with E-state index in [1.165, 1.54) is 16.4 Å². The number of hydrogen-bond acceptors (Lipinski definition) is 5. The summed E-state index contributed by atoms with van der Waals surface area (Å²) in [6, 6.07) is 8.14. The fourth-order valence-electron chi connectivity index (χ4n) is 3.00. The fraction of sp³-hybridized carbons (Fsp3) is 0.500. The van der Waals surface area contributed by atoms with Crippen molar-refractivity contribution in [2.75, 3.05) is 26.2 Å². The van der Waals surface area contributed by atoms with E-state index in [-0.39, 0.29) is 29.8 Å². The van der Waals surface area contributed by atoms with Gasteiger partial charge in [-0.2, -0.15) is 9.57 Å². The summed E-state index contributed by atoms with van der Waals surface area (Å²) in [5, 5.41) is 18.3. The quantitative estimate of drug-likeness (QED) is 0.852. The number of hydrogen-bond donors (Lipinski definition) is 1. The van der Waals surface area contributed by atoms with Gasteiger partial charge in [0.25, 0.3) is 5.91 Å². The predicted molar refractivity (Wildman–Crippen MR) is 85.4 cm³/mol. The number of benzene rings is 1. The topological polar surface area (TPSA) is 102 Å². The lowest BCUT2D eigenvalue weighted by Crippen LogP contribution is -2.53. The average Bonchev–Trinajstić information content (AvgIpc) is 2.58. The maximum absolute atomic E-state index is 12.6. The van der Waals surface area contributed by atoms with E-state index in [9.17, 15) is 18.3 Å². The summed E-state index contributed by atoms with van der Waals surface area (Å²) in [4.78, 5) is 14.3. The first-order chi connectivity index (χ1) is 11.4. The number of nitriles is 1. The van der Waals surface area contributed by atoms with E-state index in [1.54, 1.807) is 17.0 Å². The predicted octanol–water partition coefficient (Wildman–Crippen LogP) is 0.428. The summed E-state index contributed by atoms with van der Waals surface area (Å²) in [6.07, 6.45) is 0.931. The minimum Gasteiger partial charge on any atom is -0.390 e. The third-order valence-corrected chi connectivity index (χ3v) is 6.27. The summed E-state index contributed by atoms with van der Waals surface area (Å²) < 4.78 is 26.1. The Morgan fingerprint density at radius 1 is 1.29 bits per heavy atom. The molecule has 24 heavy (non-hydrogen) atoms. The van der Waals surface area contributed by atoms with Crippen LogP contribution in [0.4, 0.5) is 0 Å². The van der Waals surface area contributed by atoms with E-state index in [4.69, 9.17) is 5.26 Å². The van der Waals surface area contributed by atoms with Gasteiger partial charge in [-0.1, -0.05) is 6.07 Å². The smallest absolute Gasteiger partial charge is 0.253 e. The van der Waals surface area contributed by atoms with Crippen LogP contribution in [0.15, 0.2) is 29.2 Å². The van der Waals surface area contributed by atoms with Crippen LogP contribution < -0.4 is 0 Å². The van der Waals surface area contributed by atoms with E-state index in [1.807, 2.05) is 0 Å². The normalized spacial score (nSPS) is 22.7. The highest BCUT2D eigenvalue weighted by molar-refractivity contribution is 7.89. The molecule has 1 aromatic carbocycles. The molecule has 0 aliphatic carbocycles. The second-order valence-corrected chi connectivity index (χ2v) is 8.16. The number of aliphatic hydroxyl groups excluding tert-OH is 1. The number of amides is 1. The summed E-state index contributed by atoms with van der Waals surface area (Å²) >= 11 is 0. The Labute approximate surface area is 141 Å². The Hall–Kier alpha value is -1.95. The highest BCUT2D eigenvalue weighted by Crippen LogP contribution is 2.24. The van der Waals surface area contributed by atoms with Crippen molar-refractivity contribution in [3.05, 3.63) is 29.8 Å². The molecule has 7 nitrogen and oxygen atoms in total. The second-order valence-electron chi connectivity index (χ2n) is 6.22. The van der Waals surface area contributed by atoms with Crippen molar-refractivity contribution < 1.29 is 18.3 Å². The van der Waals surface area contributed by atoms with E-state index in [2.05, 4.69) is 6.07 Å². The molecule has 128 valence electrons. The van der Waals surface area contributed by atoms with Gasteiger partial charge >= 0.3 is 0 Å². The van der Waals surface area contributed by atoms with Gasteiger partial charge in [0.2, 0.25) is 10.0 Å². The zero-order valence-corrected chi connectivity index (χ0v) is 13.9. The molecule has 2 aliphatic heterocycles. The molecule has 1 unspecified atom stereocenters. The van der Waals surface area contributed by atoms with Crippen molar-refractivity contribution in [2.45, 2.75) is 23.8 Å². The minimum atomic E-state index is -3.69. The highest BCUT2D eigenvalue weighted by Gasteiger charge is 2.36. The van der Waals surface area contributed by atoms with Crippen molar-refractivity contribution in [1.82, 2.24) is 9.21 Å². The summed E-state index contributed by atoms with van der Waals surface area (Å²) in [6.45, 7) is 1.11. The molecule has 3 rings (SSSR count). The van der Waals surface area contributed by atoms with Crippen LogP contribution in [0.1, 0.15) is 23.2 Å². The summed E-state index contributed by atoms with van der Waals surface area (Å²) in [7, 11) is -3.69. The molecular formula is C16H19N3O4S. The summed E-state index contributed by atoms with van der Waals surface area (Å²) in [5.74, 6) is -0.423. The fourth-order valence-corrected chi connectivity index (χ4v) is 4.56. The molecule has 0 saturated carbocycles. The molecule has 1 aromatic rings. The zero-order valence-electron chi connectivity index (χ0n) is 13.1. The number of carbonyl (C=O) groups excluding carboxylic acids is 1. The first-order valence-corrected chi connectivity index (χ1v) is 9.33. The van der Waals surface area contributed by atoms with E-state index in [0.717, 1.165) is 12.8 Å². The molecule has 2 fully saturated rings. The van der Waals surface area contributed by atoms with Crippen LogP contribution in [0, 0.1) is 17.2 Å². The zero-order chi connectivity index (χ0) is 17.3. The molecule has 1 atom stereocenters. The molecule has 1 N–H and O–H groups in total. The van der Waals surface area contributed by atoms with Gasteiger partial charge in [0.05, 0.1) is 23.0 Å². The van der Waals surface area contributed by atoms with Gasteiger partial charge in [-0.05, 0) is 31.0 Å². The lowest BCUT2D eigenvalue weighted by molar-refractivity contribution is 0.0547. The monoisotopic (exact) mass is 349 g/mol.